The maximum absolute atomic E-state index is 6.35. The summed E-state index contributed by atoms with van der Waals surface area (Å²) < 4.78 is 12.4. The minimum Gasteiger partial charge on any atom is -0.456 e. The normalized spacial score (nSPS) is 11.4. The van der Waals surface area contributed by atoms with E-state index in [0.717, 1.165) is 60.9 Å². The van der Waals surface area contributed by atoms with Crippen molar-refractivity contribution in [3.63, 3.8) is 0 Å². The number of para-hydroxylation sites is 2. The van der Waals surface area contributed by atoms with Gasteiger partial charge in [-0.1, -0.05) is 60.7 Å². The van der Waals surface area contributed by atoms with E-state index in [4.69, 9.17) is 8.83 Å². The van der Waals surface area contributed by atoms with Gasteiger partial charge in [0.25, 0.3) is 0 Å². The van der Waals surface area contributed by atoms with Crippen LogP contribution in [0.25, 0.3) is 56.2 Å². The fraction of sp³-hybridized carbons (Fsp3) is 0.111. The van der Waals surface area contributed by atoms with Gasteiger partial charge in [0.1, 0.15) is 22.5 Å². The van der Waals surface area contributed by atoms with Gasteiger partial charge in [-0.05, 0) is 50.1 Å². The highest BCUT2D eigenvalue weighted by molar-refractivity contribution is 6.10. The molecule has 0 aliphatic carbocycles. The van der Waals surface area contributed by atoms with Gasteiger partial charge in [-0.2, -0.15) is 0 Å². The molecule has 0 amide bonds. The van der Waals surface area contributed by atoms with Crippen molar-refractivity contribution in [2.45, 2.75) is 20.8 Å². The van der Waals surface area contributed by atoms with Crippen LogP contribution in [0.5, 0.6) is 0 Å². The Morgan fingerprint density at radius 1 is 0.862 bits per heavy atom. The Hall–Kier alpha value is -3.52. The van der Waals surface area contributed by atoms with Gasteiger partial charge in [0.15, 0.2) is 0 Å². The first-order valence-electron chi connectivity index (χ1n) is 9.82. The molecule has 29 heavy (non-hydrogen) atoms. The maximum atomic E-state index is 6.35. The SMILES string of the molecule is C=Cc1oc2ccc(-c3cccc4c3oc3c(C)cccc34)cc2c1C=C(C)C. The van der Waals surface area contributed by atoms with Crippen LogP contribution in [0.4, 0.5) is 0 Å². The lowest BCUT2D eigenvalue weighted by atomic mass is 9.99. The van der Waals surface area contributed by atoms with Gasteiger partial charge in [-0.3, -0.25) is 0 Å². The van der Waals surface area contributed by atoms with Gasteiger partial charge in [0.05, 0.1) is 0 Å². The van der Waals surface area contributed by atoms with Gasteiger partial charge in [-0.15, -0.1) is 0 Å². The number of hydrogen-bond acceptors (Lipinski definition) is 2. The van der Waals surface area contributed by atoms with Gasteiger partial charge in [0.2, 0.25) is 0 Å². The molecule has 0 bridgehead atoms. The van der Waals surface area contributed by atoms with Crippen molar-refractivity contribution in [3.8, 4) is 11.1 Å². The van der Waals surface area contributed by atoms with Gasteiger partial charge in [0, 0.05) is 27.3 Å². The molecule has 2 heterocycles. The van der Waals surface area contributed by atoms with Gasteiger partial charge >= 0.3 is 0 Å². The van der Waals surface area contributed by atoms with Gasteiger partial charge in [-0.25, -0.2) is 0 Å². The summed E-state index contributed by atoms with van der Waals surface area (Å²) in [5.74, 6) is 0.802. The first-order valence-corrected chi connectivity index (χ1v) is 9.82. The third-order valence-electron chi connectivity index (χ3n) is 5.41. The fourth-order valence-electron chi connectivity index (χ4n) is 4.08. The Labute approximate surface area is 169 Å². The molecule has 5 rings (SSSR count). The highest BCUT2D eigenvalue weighted by atomic mass is 16.3. The summed E-state index contributed by atoms with van der Waals surface area (Å²) >= 11 is 0. The van der Waals surface area contributed by atoms with Crippen molar-refractivity contribution in [2.75, 3.05) is 0 Å². The van der Waals surface area contributed by atoms with E-state index in [-0.39, 0.29) is 0 Å². The monoisotopic (exact) mass is 378 g/mol. The molecular formula is C27H22O2. The van der Waals surface area contributed by atoms with Crippen LogP contribution in [-0.2, 0) is 0 Å². The molecule has 5 aromatic rings. The predicted molar refractivity (Wildman–Crippen MR) is 123 cm³/mol. The van der Waals surface area contributed by atoms with Crippen molar-refractivity contribution >= 4 is 45.1 Å². The molecule has 2 aromatic heterocycles. The number of aryl methyl sites for hydroxylation is 1. The Bertz CT molecular complexity index is 1440. The number of fused-ring (bicyclic) bond motifs is 4. The molecule has 0 saturated heterocycles. The summed E-state index contributed by atoms with van der Waals surface area (Å²) in [6, 6.07) is 19.0. The highest BCUT2D eigenvalue weighted by Crippen LogP contribution is 2.39. The molecular weight excluding hydrogens is 356 g/mol. The molecule has 0 N–H and O–H groups in total. The van der Waals surface area contributed by atoms with Crippen LogP contribution in [0.1, 0.15) is 30.7 Å². The zero-order valence-corrected chi connectivity index (χ0v) is 16.9. The second-order valence-corrected chi connectivity index (χ2v) is 7.75. The van der Waals surface area contributed by atoms with Crippen LogP contribution in [-0.4, -0.2) is 0 Å². The lowest BCUT2D eigenvalue weighted by Gasteiger charge is -2.03. The average Bonchev–Trinajstić information content (AvgIpc) is 3.26. The van der Waals surface area contributed by atoms with E-state index in [1.807, 2.05) is 6.07 Å². The minimum atomic E-state index is 0.802. The Morgan fingerprint density at radius 3 is 2.38 bits per heavy atom. The second kappa shape index (κ2) is 6.52. The minimum absolute atomic E-state index is 0.802. The molecule has 0 aliphatic heterocycles. The van der Waals surface area contributed by atoms with E-state index >= 15 is 0 Å². The second-order valence-electron chi connectivity index (χ2n) is 7.75. The molecule has 142 valence electrons. The van der Waals surface area contributed by atoms with Crippen molar-refractivity contribution in [3.05, 3.63) is 83.6 Å². The zero-order valence-electron chi connectivity index (χ0n) is 16.9. The molecule has 0 spiro atoms. The molecule has 0 atom stereocenters. The third-order valence-corrected chi connectivity index (χ3v) is 5.41. The van der Waals surface area contributed by atoms with E-state index < -0.39 is 0 Å². The molecule has 0 fully saturated rings. The standard InChI is InChI=1S/C27H22O2/c1-5-24-22(14-16(2)3)23-15-18(12-13-25(23)28-24)19-9-7-11-21-20-10-6-8-17(4)26(20)29-27(19)21/h5-15H,1H2,2-4H3. The smallest absolute Gasteiger partial charge is 0.143 e. The number of rotatable bonds is 3. The molecule has 2 heteroatoms. The van der Waals surface area contributed by atoms with Crippen molar-refractivity contribution in [1.29, 1.82) is 0 Å². The van der Waals surface area contributed by atoms with E-state index in [1.165, 1.54) is 5.57 Å². The molecule has 3 aromatic carbocycles. The first kappa shape index (κ1) is 17.6. The van der Waals surface area contributed by atoms with Crippen LogP contribution in [0.2, 0.25) is 0 Å². The molecule has 0 saturated carbocycles. The largest absolute Gasteiger partial charge is 0.456 e. The highest BCUT2D eigenvalue weighted by Gasteiger charge is 2.16. The van der Waals surface area contributed by atoms with Crippen molar-refractivity contribution < 1.29 is 8.83 Å². The van der Waals surface area contributed by atoms with E-state index in [9.17, 15) is 0 Å². The number of allylic oxidation sites excluding steroid dienone is 1. The quantitative estimate of drug-likeness (QED) is 0.315. The topological polar surface area (TPSA) is 26.3 Å². The Morgan fingerprint density at radius 2 is 1.62 bits per heavy atom. The summed E-state index contributed by atoms with van der Waals surface area (Å²) in [6.07, 6.45) is 3.93. The third kappa shape index (κ3) is 2.72. The zero-order chi connectivity index (χ0) is 20.1. The average molecular weight is 378 g/mol. The van der Waals surface area contributed by atoms with Crippen molar-refractivity contribution in [1.82, 2.24) is 0 Å². The summed E-state index contributed by atoms with van der Waals surface area (Å²) in [4.78, 5) is 0. The van der Waals surface area contributed by atoms with E-state index in [1.54, 1.807) is 6.08 Å². The lowest BCUT2D eigenvalue weighted by Crippen LogP contribution is -1.80. The molecule has 0 aliphatic rings. The van der Waals surface area contributed by atoms with Crippen LogP contribution in [0.15, 0.2) is 75.6 Å². The summed E-state index contributed by atoms with van der Waals surface area (Å²) in [7, 11) is 0. The molecule has 0 unspecified atom stereocenters. The maximum Gasteiger partial charge on any atom is 0.143 e. The fourth-order valence-corrected chi connectivity index (χ4v) is 4.08. The number of hydrogen-bond donors (Lipinski definition) is 0. The predicted octanol–water partition coefficient (Wildman–Crippen LogP) is 8.37. The van der Waals surface area contributed by atoms with Crippen LogP contribution in [0, 0.1) is 6.92 Å². The Balaban J connectivity index is 1.81. The van der Waals surface area contributed by atoms with Crippen molar-refractivity contribution in [2.24, 2.45) is 0 Å². The van der Waals surface area contributed by atoms with E-state index in [0.29, 0.717) is 0 Å². The summed E-state index contributed by atoms with van der Waals surface area (Å²) in [5.41, 5.74) is 8.38. The Kier molecular flexibility index (Phi) is 3.95. The van der Waals surface area contributed by atoms with Gasteiger partial charge < -0.3 is 8.83 Å². The van der Waals surface area contributed by atoms with E-state index in [2.05, 4.69) is 82.0 Å². The summed E-state index contributed by atoms with van der Waals surface area (Å²) in [5, 5.41) is 3.39. The van der Waals surface area contributed by atoms with Crippen LogP contribution >= 0.6 is 0 Å². The number of benzene rings is 3. The molecule has 0 radical (unpaired) electrons. The first-order chi connectivity index (χ1) is 14.1. The van der Waals surface area contributed by atoms with Crippen LogP contribution in [0.3, 0.4) is 0 Å². The number of furan rings is 2. The lowest BCUT2D eigenvalue weighted by molar-refractivity contribution is 0.603. The van der Waals surface area contributed by atoms with Crippen LogP contribution < -0.4 is 0 Å². The summed E-state index contributed by atoms with van der Waals surface area (Å²) in [6.45, 7) is 10.2. The molecule has 2 nitrogen and oxygen atoms in total.